The van der Waals surface area contributed by atoms with Gasteiger partial charge in [-0.05, 0) is 57.9 Å². The van der Waals surface area contributed by atoms with E-state index in [1.807, 2.05) is 48.2 Å². The summed E-state index contributed by atoms with van der Waals surface area (Å²) < 4.78 is 17.8. The Kier molecular flexibility index (Phi) is 8.19. The first-order valence-electron chi connectivity index (χ1n) is 12.6. The number of nitrogens with two attached hydrogens (primary N) is 1. The molecule has 0 radical (unpaired) electrons. The normalized spacial score (nSPS) is 18.8. The molecule has 2 aliphatic rings. The summed E-state index contributed by atoms with van der Waals surface area (Å²) in [5, 5.41) is 10.2. The highest BCUT2D eigenvalue weighted by Crippen LogP contribution is 2.50. The van der Waals surface area contributed by atoms with Crippen LogP contribution in [0.1, 0.15) is 49.3 Å². The molecule has 0 saturated carbocycles. The van der Waals surface area contributed by atoms with Crippen LogP contribution in [0, 0.1) is 23.7 Å². The molecule has 0 spiro atoms. The maximum atomic E-state index is 13.6. The van der Waals surface area contributed by atoms with E-state index in [1.54, 1.807) is 14.2 Å². The predicted molar refractivity (Wildman–Crippen MR) is 149 cm³/mol. The number of hydrogen-bond donors (Lipinski definition) is 1. The van der Waals surface area contributed by atoms with Crippen molar-refractivity contribution < 1.29 is 19.0 Å². The van der Waals surface area contributed by atoms with Gasteiger partial charge in [-0.2, -0.15) is 5.26 Å². The van der Waals surface area contributed by atoms with E-state index in [9.17, 15) is 10.1 Å². The zero-order valence-electron chi connectivity index (χ0n) is 22.6. The number of halogens is 1. The van der Waals surface area contributed by atoms with Crippen LogP contribution in [0.4, 0.5) is 0 Å². The molecule has 200 valence electrons. The van der Waals surface area contributed by atoms with Crippen LogP contribution in [-0.4, -0.2) is 38.1 Å². The molecule has 1 aliphatic carbocycles. The van der Waals surface area contributed by atoms with Gasteiger partial charge in [0.1, 0.15) is 12.4 Å². The van der Waals surface area contributed by atoms with Crippen molar-refractivity contribution in [2.75, 3.05) is 27.4 Å². The number of nitrogens with zero attached hydrogens (tertiary/aromatic N) is 2. The molecule has 0 aromatic heterocycles. The standard InChI is InChI=1S/C30H34BrN3O4/c1-18-6-8-19(9-7-18)17-38-28-22(31)12-20(13-25(28)37-5)26-21(16-32)29(33)34(10-11-36-4)23-14-30(2,3)15-24(35)27(23)26/h6-9,12-13,26H,10-11,14-15,17,33H2,1-5H3/t26-/m1/s1. The summed E-state index contributed by atoms with van der Waals surface area (Å²) in [7, 11) is 3.20. The lowest BCUT2D eigenvalue weighted by Gasteiger charge is -2.43. The average Bonchev–Trinajstić information content (AvgIpc) is 2.87. The van der Waals surface area contributed by atoms with Crippen LogP contribution in [0.5, 0.6) is 11.5 Å². The Labute approximate surface area is 233 Å². The number of Topliss-reactive ketones (excluding diaryl/α,β-unsaturated/α-hetero) is 1. The average molecular weight is 581 g/mol. The highest BCUT2D eigenvalue weighted by atomic mass is 79.9. The molecule has 1 heterocycles. The zero-order chi connectivity index (χ0) is 27.6. The van der Waals surface area contributed by atoms with E-state index in [0.717, 1.165) is 16.8 Å². The molecule has 0 fully saturated rings. The Hall–Kier alpha value is -3.28. The molecule has 1 aliphatic heterocycles. The third kappa shape index (κ3) is 5.45. The van der Waals surface area contributed by atoms with Gasteiger partial charge >= 0.3 is 0 Å². The summed E-state index contributed by atoms with van der Waals surface area (Å²) in [5.74, 6) is 0.834. The van der Waals surface area contributed by atoms with E-state index in [0.29, 0.717) is 65.5 Å². The Morgan fingerprint density at radius 1 is 1.18 bits per heavy atom. The van der Waals surface area contributed by atoms with Gasteiger partial charge in [0.15, 0.2) is 17.3 Å². The van der Waals surface area contributed by atoms with Gasteiger partial charge in [-0.15, -0.1) is 0 Å². The van der Waals surface area contributed by atoms with Gasteiger partial charge in [0.2, 0.25) is 0 Å². The molecule has 2 aromatic rings. The smallest absolute Gasteiger partial charge is 0.175 e. The molecule has 8 heteroatoms. The topological polar surface area (TPSA) is 97.8 Å². The van der Waals surface area contributed by atoms with Gasteiger partial charge in [0.05, 0.1) is 35.7 Å². The highest BCUT2D eigenvalue weighted by Gasteiger charge is 2.44. The van der Waals surface area contributed by atoms with Gasteiger partial charge in [0, 0.05) is 31.3 Å². The number of methoxy groups -OCH3 is 2. The Morgan fingerprint density at radius 2 is 1.89 bits per heavy atom. The maximum absolute atomic E-state index is 13.6. The van der Waals surface area contributed by atoms with Gasteiger partial charge in [-0.1, -0.05) is 43.7 Å². The van der Waals surface area contributed by atoms with Crippen molar-refractivity contribution >= 4 is 21.7 Å². The fourth-order valence-electron chi connectivity index (χ4n) is 5.23. The molecule has 7 nitrogen and oxygen atoms in total. The van der Waals surface area contributed by atoms with E-state index in [1.165, 1.54) is 5.56 Å². The number of benzene rings is 2. The molecule has 2 aromatic carbocycles. The number of rotatable bonds is 8. The lowest BCUT2D eigenvalue weighted by molar-refractivity contribution is -0.118. The SMILES string of the molecule is COCCN1C(N)=C(C#N)[C@@H](c2cc(Br)c(OCc3ccc(C)cc3)c(OC)c2)C2=C1CC(C)(C)CC2=O. The number of hydrogen-bond acceptors (Lipinski definition) is 7. The summed E-state index contributed by atoms with van der Waals surface area (Å²) in [6.45, 7) is 7.45. The minimum atomic E-state index is -0.603. The number of carbonyl (C=O) groups is 1. The summed E-state index contributed by atoms with van der Waals surface area (Å²) >= 11 is 3.65. The minimum absolute atomic E-state index is 0.0266. The van der Waals surface area contributed by atoms with Crippen LogP contribution in [0.15, 0.2) is 63.5 Å². The molecule has 4 rings (SSSR count). The first-order valence-corrected chi connectivity index (χ1v) is 13.4. The number of nitriles is 1. The van der Waals surface area contributed by atoms with Gasteiger partial charge < -0.3 is 24.8 Å². The molecule has 0 amide bonds. The summed E-state index contributed by atoms with van der Waals surface area (Å²) in [6, 6.07) is 14.2. The molecule has 1 atom stereocenters. The number of carbonyl (C=O) groups excluding carboxylic acids is 1. The monoisotopic (exact) mass is 579 g/mol. The Morgan fingerprint density at radius 3 is 2.53 bits per heavy atom. The van der Waals surface area contributed by atoms with Gasteiger partial charge in [0.25, 0.3) is 0 Å². The van der Waals surface area contributed by atoms with E-state index in [4.69, 9.17) is 19.9 Å². The molecule has 2 N–H and O–H groups in total. The summed E-state index contributed by atoms with van der Waals surface area (Å²) in [4.78, 5) is 15.5. The molecular formula is C30H34BrN3O4. The number of allylic oxidation sites excluding steroid dienone is 3. The number of aryl methyl sites for hydroxylation is 1. The second-order valence-corrected chi connectivity index (χ2v) is 11.5. The fraction of sp³-hybridized carbons (Fsp3) is 0.400. The third-order valence-corrected chi connectivity index (χ3v) is 7.68. The van der Waals surface area contributed by atoms with Crippen LogP contribution in [0.2, 0.25) is 0 Å². The largest absolute Gasteiger partial charge is 0.493 e. The van der Waals surface area contributed by atoms with Crippen molar-refractivity contribution in [3.8, 4) is 17.6 Å². The van der Waals surface area contributed by atoms with Crippen molar-refractivity contribution in [3.05, 3.63) is 80.2 Å². The summed E-state index contributed by atoms with van der Waals surface area (Å²) in [5.41, 5.74) is 11.2. The van der Waals surface area contributed by atoms with Gasteiger partial charge in [-0.3, -0.25) is 4.79 Å². The van der Waals surface area contributed by atoms with Crippen LogP contribution in [0.3, 0.4) is 0 Å². The molecule has 0 bridgehead atoms. The molecule has 0 saturated heterocycles. The van der Waals surface area contributed by atoms with Crippen molar-refractivity contribution in [2.45, 2.75) is 46.1 Å². The van der Waals surface area contributed by atoms with E-state index in [-0.39, 0.29) is 11.2 Å². The maximum Gasteiger partial charge on any atom is 0.175 e. The Bertz CT molecular complexity index is 1340. The summed E-state index contributed by atoms with van der Waals surface area (Å²) in [6.07, 6.45) is 1.07. The van der Waals surface area contributed by atoms with Crippen molar-refractivity contribution in [1.29, 1.82) is 5.26 Å². The van der Waals surface area contributed by atoms with Gasteiger partial charge in [-0.25, -0.2) is 0 Å². The van der Waals surface area contributed by atoms with Crippen LogP contribution in [-0.2, 0) is 16.1 Å². The van der Waals surface area contributed by atoms with Crippen molar-refractivity contribution in [1.82, 2.24) is 4.90 Å². The van der Waals surface area contributed by atoms with Crippen molar-refractivity contribution in [3.63, 3.8) is 0 Å². The predicted octanol–water partition coefficient (Wildman–Crippen LogP) is 5.73. The molecule has 0 unspecified atom stereocenters. The number of ketones is 1. The third-order valence-electron chi connectivity index (χ3n) is 7.09. The first kappa shape index (κ1) is 27.7. The molecule has 38 heavy (non-hydrogen) atoms. The fourth-order valence-corrected chi connectivity index (χ4v) is 5.81. The first-order chi connectivity index (χ1) is 18.1. The Balaban J connectivity index is 1.79. The number of ether oxygens (including phenoxy) is 3. The van der Waals surface area contributed by atoms with Crippen LogP contribution >= 0.6 is 15.9 Å². The van der Waals surface area contributed by atoms with E-state index >= 15 is 0 Å². The highest BCUT2D eigenvalue weighted by molar-refractivity contribution is 9.10. The van der Waals surface area contributed by atoms with Crippen LogP contribution < -0.4 is 15.2 Å². The second-order valence-electron chi connectivity index (χ2n) is 10.6. The van der Waals surface area contributed by atoms with E-state index in [2.05, 4.69) is 35.8 Å². The lowest BCUT2D eigenvalue weighted by Crippen LogP contribution is -2.43. The molecular weight excluding hydrogens is 546 g/mol. The zero-order valence-corrected chi connectivity index (χ0v) is 24.1. The minimum Gasteiger partial charge on any atom is -0.493 e. The lowest BCUT2D eigenvalue weighted by atomic mass is 9.68. The van der Waals surface area contributed by atoms with E-state index < -0.39 is 5.92 Å². The quantitative estimate of drug-likeness (QED) is 0.426. The van der Waals surface area contributed by atoms with Crippen LogP contribution in [0.25, 0.3) is 0 Å². The van der Waals surface area contributed by atoms with Crippen molar-refractivity contribution in [2.24, 2.45) is 11.1 Å². The second kappa shape index (κ2) is 11.2.